The van der Waals surface area contributed by atoms with Gasteiger partial charge in [0.05, 0.1) is 10.9 Å². The maximum Gasteiger partial charge on any atom is 0.265 e. The van der Waals surface area contributed by atoms with Crippen LogP contribution < -0.4 is 5.56 Å². The van der Waals surface area contributed by atoms with Crippen LogP contribution in [-0.4, -0.2) is 24.8 Å². The van der Waals surface area contributed by atoms with E-state index < -0.39 is 0 Å². The van der Waals surface area contributed by atoms with E-state index in [9.17, 15) is 4.79 Å². The number of aromatic amines is 1. The molecule has 6 heteroatoms. The number of H-pyrrole nitrogens is 1. The maximum atomic E-state index is 12.5. The highest BCUT2D eigenvalue weighted by Gasteiger charge is 2.08. The zero-order valence-corrected chi connectivity index (χ0v) is 10.1. The summed E-state index contributed by atoms with van der Waals surface area (Å²) in [5.74, 6) is 0. The van der Waals surface area contributed by atoms with Crippen molar-refractivity contribution >= 4 is 27.6 Å². The lowest BCUT2D eigenvalue weighted by Crippen LogP contribution is -2.15. The minimum Gasteiger partial charge on any atom is -0.268 e. The zero-order valence-electron chi connectivity index (χ0n) is 10.1. The molecule has 0 amide bonds. The fraction of sp³-hybridized carbons (Fsp3) is 0.0769. The first-order valence-corrected chi connectivity index (χ1v) is 5.86. The van der Waals surface area contributed by atoms with Crippen LogP contribution in [0.15, 0.2) is 35.3 Å². The molecule has 3 heterocycles. The van der Waals surface area contributed by atoms with Gasteiger partial charge in [-0.25, -0.2) is 4.98 Å². The number of nitrogens with one attached hydrogen (secondary N) is 1. The summed E-state index contributed by atoms with van der Waals surface area (Å²) in [5, 5.41) is 11.1. The van der Waals surface area contributed by atoms with E-state index in [4.69, 9.17) is 0 Å². The van der Waals surface area contributed by atoms with Crippen molar-refractivity contribution < 1.29 is 0 Å². The molecule has 0 aliphatic heterocycles. The van der Waals surface area contributed by atoms with Gasteiger partial charge in [0.1, 0.15) is 16.7 Å². The van der Waals surface area contributed by atoms with Crippen LogP contribution >= 0.6 is 0 Å². The molecule has 1 N–H and O–H groups in total. The molecule has 6 nitrogen and oxygen atoms in total. The van der Waals surface area contributed by atoms with Crippen molar-refractivity contribution in [2.75, 3.05) is 0 Å². The summed E-state index contributed by atoms with van der Waals surface area (Å²) >= 11 is 0. The fourth-order valence-electron chi connectivity index (χ4n) is 2.25. The van der Waals surface area contributed by atoms with Gasteiger partial charge in [0, 0.05) is 6.20 Å². The monoisotopic (exact) mass is 251 g/mol. The van der Waals surface area contributed by atoms with Crippen molar-refractivity contribution in [2.24, 2.45) is 0 Å². The number of pyridine rings is 1. The molecule has 19 heavy (non-hydrogen) atoms. The summed E-state index contributed by atoms with van der Waals surface area (Å²) < 4.78 is 1.56. The predicted octanol–water partition coefficient (Wildman–Crippen LogP) is 1.43. The lowest BCUT2D eigenvalue weighted by atomic mass is 10.2. The summed E-state index contributed by atoms with van der Waals surface area (Å²) in [6.45, 7) is 1.94. The predicted molar refractivity (Wildman–Crippen MR) is 71.2 cm³/mol. The summed E-state index contributed by atoms with van der Waals surface area (Å²) in [6, 6.07) is 7.26. The Labute approximate surface area is 106 Å². The van der Waals surface area contributed by atoms with Crippen molar-refractivity contribution in [3.8, 4) is 0 Å². The first-order chi connectivity index (χ1) is 9.22. The third kappa shape index (κ3) is 1.36. The van der Waals surface area contributed by atoms with Crippen LogP contribution in [0.4, 0.5) is 0 Å². The molecule has 0 bridgehead atoms. The van der Waals surface area contributed by atoms with Gasteiger partial charge in [0.25, 0.3) is 5.56 Å². The summed E-state index contributed by atoms with van der Waals surface area (Å²) in [7, 11) is 0. The van der Waals surface area contributed by atoms with Gasteiger partial charge in [-0.15, -0.1) is 0 Å². The summed E-state index contributed by atoms with van der Waals surface area (Å²) in [6.07, 6.45) is 1.79. The molecule has 4 aromatic rings. The van der Waals surface area contributed by atoms with E-state index in [0.717, 1.165) is 5.56 Å². The zero-order chi connectivity index (χ0) is 13.0. The Morgan fingerprint density at radius 3 is 2.74 bits per heavy atom. The van der Waals surface area contributed by atoms with E-state index in [2.05, 4.69) is 20.4 Å². The Hall–Kier alpha value is -2.76. The molecule has 0 spiro atoms. The number of rotatable bonds is 0. The summed E-state index contributed by atoms with van der Waals surface area (Å²) in [4.78, 5) is 17.0. The Balaban J connectivity index is 2.29. The van der Waals surface area contributed by atoms with Crippen LogP contribution in [0.2, 0.25) is 0 Å². The van der Waals surface area contributed by atoms with Crippen molar-refractivity contribution in [3.63, 3.8) is 0 Å². The highest BCUT2D eigenvalue weighted by molar-refractivity contribution is 5.92. The van der Waals surface area contributed by atoms with Crippen LogP contribution in [-0.2, 0) is 0 Å². The van der Waals surface area contributed by atoms with Crippen molar-refractivity contribution in [1.29, 1.82) is 0 Å². The molecule has 0 saturated carbocycles. The molecule has 0 atom stereocenters. The minimum atomic E-state index is -0.0893. The molecule has 0 saturated heterocycles. The average molecular weight is 251 g/mol. The second kappa shape index (κ2) is 3.38. The van der Waals surface area contributed by atoms with Crippen LogP contribution in [0.3, 0.4) is 0 Å². The third-order valence-electron chi connectivity index (χ3n) is 3.19. The van der Waals surface area contributed by atoms with Gasteiger partial charge in [0.2, 0.25) is 0 Å². The molecule has 0 radical (unpaired) electrons. The molecule has 92 valence electrons. The highest BCUT2D eigenvalue weighted by Crippen LogP contribution is 2.16. The van der Waals surface area contributed by atoms with E-state index in [0.29, 0.717) is 27.6 Å². The van der Waals surface area contributed by atoms with Gasteiger partial charge in [-0.1, -0.05) is 6.07 Å². The number of nitrogens with zero attached hydrogens (tertiary/aromatic N) is 4. The maximum absolute atomic E-state index is 12.5. The molecule has 4 rings (SSSR count). The van der Waals surface area contributed by atoms with E-state index in [-0.39, 0.29) is 5.56 Å². The Kier molecular flexibility index (Phi) is 1.81. The first-order valence-electron chi connectivity index (χ1n) is 5.86. The third-order valence-corrected chi connectivity index (χ3v) is 3.19. The van der Waals surface area contributed by atoms with Crippen molar-refractivity contribution in [2.45, 2.75) is 6.92 Å². The normalized spacial score (nSPS) is 11.6. The number of hydrogen-bond donors (Lipinski definition) is 1. The SMILES string of the molecule is Cc1ccc2nc3cc4n[nH]nc4cc3c(=O)n2c1. The van der Waals surface area contributed by atoms with Crippen LogP contribution in [0.25, 0.3) is 27.6 Å². The first kappa shape index (κ1) is 10.2. The number of fused-ring (bicyclic) bond motifs is 3. The molecule has 0 aliphatic carbocycles. The van der Waals surface area contributed by atoms with Gasteiger partial charge in [-0.05, 0) is 30.7 Å². The second-order valence-electron chi connectivity index (χ2n) is 4.53. The number of aryl methyl sites for hydroxylation is 1. The molecule has 0 unspecified atom stereocenters. The van der Waals surface area contributed by atoms with Gasteiger partial charge >= 0.3 is 0 Å². The molecular weight excluding hydrogens is 242 g/mol. The lowest BCUT2D eigenvalue weighted by Gasteiger charge is -2.03. The molecule has 1 aromatic carbocycles. The smallest absolute Gasteiger partial charge is 0.265 e. The average Bonchev–Trinajstić information content (AvgIpc) is 2.85. The van der Waals surface area contributed by atoms with Crippen molar-refractivity contribution in [1.82, 2.24) is 24.8 Å². The molecule has 0 fully saturated rings. The quantitative estimate of drug-likeness (QED) is 0.480. The second-order valence-corrected chi connectivity index (χ2v) is 4.53. The van der Waals surface area contributed by atoms with Crippen molar-refractivity contribution in [3.05, 3.63) is 46.4 Å². The van der Waals surface area contributed by atoms with Crippen LogP contribution in [0.1, 0.15) is 5.56 Å². The van der Waals surface area contributed by atoms with E-state index in [1.165, 1.54) is 0 Å². The van der Waals surface area contributed by atoms with Gasteiger partial charge in [-0.2, -0.15) is 15.4 Å². The Morgan fingerprint density at radius 2 is 1.89 bits per heavy atom. The Morgan fingerprint density at radius 1 is 1.11 bits per heavy atom. The van der Waals surface area contributed by atoms with Gasteiger partial charge in [0.15, 0.2) is 0 Å². The van der Waals surface area contributed by atoms with Crippen LogP contribution in [0.5, 0.6) is 0 Å². The summed E-state index contributed by atoms with van der Waals surface area (Å²) in [5.41, 5.74) is 3.56. The highest BCUT2D eigenvalue weighted by atomic mass is 16.1. The molecular formula is C13H9N5O. The topological polar surface area (TPSA) is 75.9 Å². The minimum absolute atomic E-state index is 0.0893. The van der Waals surface area contributed by atoms with Gasteiger partial charge in [-0.3, -0.25) is 9.20 Å². The standard InChI is InChI=1S/C13H9N5O/c1-7-2-3-12-14-9-5-11-10(15-17-16-11)4-8(9)13(19)18(12)6-7/h2-6H,1H3,(H,15,16,17). The molecule has 3 aromatic heterocycles. The van der Waals surface area contributed by atoms with Gasteiger partial charge < -0.3 is 0 Å². The largest absolute Gasteiger partial charge is 0.268 e. The molecule has 0 aliphatic rings. The van der Waals surface area contributed by atoms with E-state index in [1.54, 1.807) is 22.7 Å². The fourth-order valence-corrected chi connectivity index (χ4v) is 2.25. The number of benzene rings is 1. The number of hydrogen-bond acceptors (Lipinski definition) is 4. The van der Waals surface area contributed by atoms with E-state index in [1.807, 2.05) is 19.1 Å². The number of aromatic nitrogens is 5. The van der Waals surface area contributed by atoms with E-state index >= 15 is 0 Å². The Bertz CT molecular complexity index is 998. The van der Waals surface area contributed by atoms with Crippen LogP contribution in [0, 0.1) is 6.92 Å². The lowest BCUT2D eigenvalue weighted by molar-refractivity contribution is 0.959.